The summed E-state index contributed by atoms with van der Waals surface area (Å²) < 4.78 is 26.3. The van der Waals surface area contributed by atoms with Gasteiger partial charge in [-0.1, -0.05) is 43.3 Å². The Morgan fingerprint density at radius 1 is 0.760 bits per heavy atom. The lowest BCUT2D eigenvalue weighted by Gasteiger charge is -2.48. The highest BCUT2D eigenvalue weighted by atomic mass is 28.5. The normalized spacial score (nSPS) is 25.0. The van der Waals surface area contributed by atoms with Gasteiger partial charge in [-0.3, -0.25) is 0 Å². The second kappa shape index (κ2) is 7.35. The first-order valence-electron chi connectivity index (χ1n) is 8.93. The van der Waals surface area contributed by atoms with E-state index >= 15 is 0 Å². The lowest BCUT2D eigenvalue weighted by atomic mass is 10.2. The van der Waals surface area contributed by atoms with Crippen LogP contribution < -0.4 is 0 Å². The monoisotopic (exact) mass is 412 g/mol. The maximum Gasteiger partial charge on any atom is 0.347 e. The van der Waals surface area contributed by atoms with Crippen LogP contribution in [0, 0.1) is 0 Å². The molecule has 140 valence electrons. The summed E-state index contributed by atoms with van der Waals surface area (Å²) in [5.74, 6) is 0. The molecule has 0 aromatic heterocycles. The fraction of sp³-hybridized carbons (Fsp3) is 0.529. The van der Waals surface area contributed by atoms with Gasteiger partial charge in [0, 0.05) is 0 Å². The van der Waals surface area contributed by atoms with E-state index in [1.807, 2.05) is 6.07 Å². The van der Waals surface area contributed by atoms with Crippen LogP contribution in [0.5, 0.6) is 0 Å². The highest BCUT2D eigenvalue weighted by molar-refractivity contribution is 6.95. The van der Waals surface area contributed by atoms with E-state index in [1.165, 1.54) is 10.8 Å². The molecule has 0 aliphatic carbocycles. The molecule has 1 aliphatic heterocycles. The zero-order chi connectivity index (χ0) is 18.9. The van der Waals surface area contributed by atoms with Crippen LogP contribution in [-0.2, 0) is 16.5 Å². The lowest BCUT2D eigenvalue weighted by Crippen LogP contribution is -2.65. The van der Waals surface area contributed by atoms with Gasteiger partial charge < -0.3 is 16.5 Å². The van der Waals surface area contributed by atoms with Gasteiger partial charge in [-0.2, -0.15) is 0 Å². The molecular weight excluding hydrogens is 381 g/mol. The molecule has 1 aromatic carbocycles. The molecule has 0 N–H and O–H groups in total. The molecule has 0 bridgehead atoms. The zero-order valence-electron chi connectivity index (χ0n) is 16.8. The van der Waals surface area contributed by atoms with Crippen LogP contribution in [0.3, 0.4) is 0 Å². The third-order valence-electron chi connectivity index (χ3n) is 3.97. The summed E-state index contributed by atoms with van der Waals surface area (Å²) >= 11 is 0. The Hall–Kier alpha value is -0.332. The quantitative estimate of drug-likeness (QED) is 0.633. The largest absolute Gasteiger partial charge is 0.416 e. The van der Waals surface area contributed by atoms with Crippen molar-refractivity contribution in [3.8, 4) is 0 Å². The van der Waals surface area contributed by atoms with Gasteiger partial charge >= 0.3 is 34.2 Å². The van der Waals surface area contributed by atoms with Gasteiger partial charge in [-0.15, -0.1) is 0 Å². The Balaban J connectivity index is 2.45. The SMILES string of the molecule is CCC(=Cc1ccccc1)[Si]1(C)O[Si](C)(C)O[Si](C)(C)O[Si](C)(C)O1. The van der Waals surface area contributed by atoms with Crippen molar-refractivity contribution in [3.05, 3.63) is 41.1 Å². The second-order valence-corrected chi connectivity index (χ2v) is 22.2. The molecule has 1 fully saturated rings. The van der Waals surface area contributed by atoms with E-state index in [2.05, 4.69) is 83.1 Å². The molecular formula is C17H32O4Si4. The van der Waals surface area contributed by atoms with Crippen LogP contribution in [0.15, 0.2) is 35.5 Å². The number of hydrogen-bond acceptors (Lipinski definition) is 4. The summed E-state index contributed by atoms with van der Waals surface area (Å²) in [6, 6.07) is 10.4. The van der Waals surface area contributed by atoms with Crippen LogP contribution >= 0.6 is 0 Å². The van der Waals surface area contributed by atoms with Gasteiger partial charge in [0.1, 0.15) is 0 Å². The number of hydrogen-bond donors (Lipinski definition) is 0. The summed E-state index contributed by atoms with van der Waals surface area (Å²) in [4.78, 5) is 0. The molecule has 0 unspecified atom stereocenters. The van der Waals surface area contributed by atoms with Crippen molar-refractivity contribution in [2.45, 2.75) is 59.2 Å². The van der Waals surface area contributed by atoms with Crippen LogP contribution in [-0.4, -0.2) is 34.2 Å². The van der Waals surface area contributed by atoms with E-state index in [-0.39, 0.29) is 0 Å². The molecule has 0 atom stereocenters. The fourth-order valence-electron chi connectivity index (χ4n) is 3.64. The summed E-state index contributed by atoms with van der Waals surface area (Å²) in [5.41, 5.74) is 1.18. The third kappa shape index (κ3) is 5.83. The molecule has 1 saturated heterocycles. The van der Waals surface area contributed by atoms with E-state index in [9.17, 15) is 0 Å². The molecule has 4 nitrogen and oxygen atoms in total. The first-order valence-corrected chi connectivity index (χ1v) is 19.7. The van der Waals surface area contributed by atoms with Crippen molar-refractivity contribution in [3.63, 3.8) is 0 Å². The molecule has 1 aromatic rings. The van der Waals surface area contributed by atoms with Crippen molar-refractivity contribution in [1.29, 1.82) is 0 Å². The Bertz CT molecular complexity index is 607. The molecule has 1 aliphatic rings. The smallest absolute Gasteiger partial charge is 0.347 e. The summed E-state index contributed by atoms with van der Waals surface area (Å²) in [7, 11) is -9.55. The van der Waals surface area contributed by atoms with E-state index in [1.54, 1.807) is 0 Å². The zero-order valence-corrected chi connectivity index (χ0v) is 20.8. The molecule has 1 heterocycles. The van der Waals surface area contributed by atoms with Crippen molar-refractivity contribution < 1.29 is 16.5 Å². The minimum absolute atomic E-state index is 0.896. The summed E-state index contributed by atoms with van der Waals surface area (Å²) in [6.45, 7) is 16.9. The predicted octanol–water partition coefficient (Wildman–Crippen LogP) is 5.28. The van der Waals surface area contributed by atoms with Crippen LogP contribution in [0.1, 0.15) is 18.9 Å². The molecule has 0 saturated carbocycles. The van der Waals surface area contributed by atoms with Crippen molar-refractivity contribution >= 4 is 40.3 Å². The minimum Gasteiger partial charge on any atom is -0.416 e. The number of benzene rings is 1. The summed E-state index contributed by atoms with van der Waals surface area (Å²) in [5, 5.41) is 1.24. The molecule has 2 rings (SSSR count). The van der Waals surface area contributed by atoms with E-state index in [4.69, 9.17) is 16.5 Å². The fourth-order valence-corrected chi connectivity index (χ4v) is 24.9. The topological polar surface area (TPSA) is 36.9 Å². The Labute approximate surface area is 157 Å². The highest BCUT2D eigenvalue weighted by Gasteiger charge is 2.53. The molecule has 0 spiro atoms. The minimum atomic E-state index is -2.61. The van der Waals surface area contributed by atoms with Gasteiger partial charge in [0.25, 0.3) is 0 Å². The van der Waals surface area contributed by atoms with E-state index in [0.29, 0.717) is 0 Å². The van der Waals surface area contributed by atoms with Crippen LogP contribution in [0.4, 0.5) is 0 Å². The standard InChI is InChI=1S/C17H32O4Si4/c1-9-17(15-16-13-11-10-12-14-16)25(8)20-23(4,5)18-22(2,3)19-24(6,7)21-25/h10-15H,9H2,1-8H3. The third-order valence-corrected chi connectivity index (χ3v) is 20.5. The van der Waals surface area contributed by atoms with E-state index < -0.39 is 34.2 Å². The van der Waals surface area contributed by atoms with E-state index in [0.717, 1.165) is 6.42 Å². The average Bonchev–Trinajstić information content (AvgIpc) is 2.40. The van der Waals surface area contributed by atoms with Crippen molar-refractivity contribution in [2.24, 2.45) is 0 Å². The first kappa shape index (κ1) is 21.0. The van der Waals surface area contributed by atoms with Gasteiger partial charge in [-0.25, -0.2) is 0 Å². The molecule has 25 heavy (non-hydrogen) atoms. The number of allylic oxidation sites excluding steroid dienone is 1. The van der Waals surface area contributed by atoms with Gasteiger partial charge in [0.05, 0.1) is 0 Å². The maximum absolute atomic E-state index is 6.72. The van der Waals surface area contributed by atoms with Gasteiger partial charge in [0.15, 0.2) is 0 Å². The Morgan fingerprint density at radius 2 is 1.20 bits per heavy atom. The Kier molecular flexibility index (Phi) is 6.17. The second-order valence-electron chi connectivity index (χ2n) is 7.99. The molecule has 8 heteroatoms. The highest BCUT2D eigenvalue weighted by Crippen LogP contribution is 2.35. The molecule has 0 radical (unpaired) electrons. The number of rotatable bonds is 3. The van der Waals surface area contributed by atoms with Crippen LogP contribution in [0.25, 0.3) is 6.08 Å². The molecule has 0 amide bonds. The predicted molar refractivity (Wildman–Crippen MR) is 113 cm³/mol. The van der Waals surface area contributed by atoms with Crippen molar-refractivity contribution in [1.82, 2.24) is 0 Å². The average molecular weight is 413 g/mol. The Morgan fingerprint density at radius 3 is 1.64 bits per heavy atom. The lowest BCUT2D eigenvalue weighted by molar-refractivity contribution is 0.239. The van der Waals surface area contributed by atoms with Crippen LogP contribution in [0.2, 0.25) is 45.8 Å². The van der Waals surface area contributed by atoms with Crippen molar-refractivity contribution in [2.75, 3.05) is 0 Å². The van der Waals surface area contributed by atoms with Gasteiger partial charge in [-0.05, 0) is 63.0 Å². The summed E-state index contributed by atoms with van der Waals surface area (Å²) in [6.07, 6.45) is 3.12. The maximum atomic E-state index is 6.72. The van der Waals surface area contributed by atoms with Gasteiger partial charge in [0.2, 0.25) is 0 Å². The first-order chi connectivity index (χ1) is 11.4.